The van der Waals surface area contributed by atoms with Gasteiger partial charge < -0.3 is 57.3 Å². The summed E-state index contributed by atoms with van der Waals surface area (Å²) in [6, 6.07) is 15.1. The molecule has 0 aromatic heterocycles. The molecule has 0 radical (unpaired) electrons. The summed E-state index contributed by atoms with van der Waals surface area (Å²) in [5, 5.41) is 78.9. The van der Waals surface area contributed by atoms with E-state index in [-0.39, 0.29) is 52.9 Å². The Labute approximate surface area is 375 Å². The number of hydrogen-bond acceptors (Lipinski definition) is 12. The maximum atomic E-state index is 9.87. The molecule has 0 aromatic carbocycles. The first-order valence-electron chi connectivity index (χ1n) is 23.8. The van der Waals surface area contributed by atoms with E-state index >= 15 is 0 Å². The van der Waals surface area contributed by atoms with Crippen LogP contribution < -0.4 is 0 Å². The molecule has 1 rings (SSSR count). The second-order valence-electron chi connectivity index (χ2n) is 20.8. The van der Waals surface area contributed by atoms with Crippen molar-refractivity contribution in [2.45, 2.75) is 200 Å². The number of aliphatic hydroxyl groups is 8. The number of rotatable bonds is 36. The highest BCUT2D eigenvalue weighted by Gasteiger charge is 2.58. The van der Waals surface area contributed by atoms with E-state index in [1.807, 2.05) is 0 Å². The summed E-state index contributed by atoms with van der Waals surface area (Å²) in [5.74, 6) is 0. The van der Waals surface area contributed by atoms with Crippen molar-refractivity contribution in [2.24, 2.45) is 0 Å². The minimum Gasteiger partial charge on any atom is -0.416 e. The molecule has 0 bridgehead atoms. The Hall–Kier alpha value is 1.26. The Morgan fingerprint density at radius 3 is 0.517 bits per heavy atom. The molecular weight excluding hydrogens is 897 g/mol. The fourth-order valence-electron chi connectivity index (χ4n) is 9.98. The topological polar surface area (TPSA) is 199 Å². The van der Waals surface area contributed by atoms with Crippen molar-refractivity contribution in [2.75, 3.05) is 52.9 Å². The fraction of sp³-hybridized carbons (Fsp3) is 1.00. The largest absolute Gasteiger partial charge is 0.416 e. The molecule has 12 nitrogen and oxygen atoms in total. The molecule has 0 saturated carbocycles. The quantitative estimate of drug-likeness (QED) is 0.0285. The van der Waals surface area contributed by atoms with Gasteiger partial charge in [-0.15, -0.1) is 0 Å². The van der Waals surface area contributed by atoms with Gasteiger partial charge in [0.2, 0.25) is 0 Å². The van der Waals surface area contributed by atoms with Gasteiger partial charge in [0.25, 0.3) is 0 Å². The lowest BCUT2D eigenvalue weighted by Gasteiger charge is -2.52. The lowest BCUT2D eigenvalue weighted by atomic mass is 10.5. The van der Waals surface area contributed by atoms with Crippen molar-refractivity contribution < 1.29 is 57.3 Å². The molecule has 0 aromatic rings. The molecule has 1 fully saturated rings. The highest BCUT2D eigenvalue weighted by atomic mass is 28.5. The lowest BCUT2D eigenvalue weighted by molar-refractivity contribution is 0.225. The summed E-state index contributed by atoms with van der Waals surface area (Å²) >= 11 is 0. The first-order chi connectivity index (χ1) is 28.1. The zero-order chi connectivity index (χ0) is 45.5. The van der Waals surface area contributed by atoms with Gasteiger partial charge in [-0.3, -0.25) is 0 Å². The molecule has 1 heterocycles. The Kier molecular flexibility index (Phi) is 28.8. The van der Waals surface area contributed by atoms with Crippen LogP contribution in [0, 0.1) is 0 Å². The minimum absolute atomic E-state index is 0.163. The van der Waals surface area contributed by atoms with Crippen LogP contribution in [0.15, 0.2) is 0 Å². The van der Waals surface area contributed by atoms with Crippen molar-refractivity contribution in [3.05, 3.63) is 0 Å². The van der Waals surface area contributed by atoms with E-state index in [9.17, 15) is 40.9 Å². The van der Waals surface area contributed by atoms with Crippen LogP contribution in [0.5, 0.6) is 0 Å². The molecule has 60 heavy (non-hydrogen) atoms. The normalized spacial score (nSPS) is 24.8. The van der Waals surface area contributed by atoms with E-state index in [0.29, 0.717) is 0 Å². The number of aliphatic hydroxyl groups excluding tert-OH is 8. The average molecular weight is 994 g/mol. The molecule has 0 spiro atoms. The molecule has 8 N–H and O–H groups in total. The van der Waals surface area contributed by atoms with Gasteiger partial charge in [-0.05, 0) is 102 Å². The highest BCUT2D eigenvalue weighted by Crippen LogP contribution is 2.44. The van der Waals surface area contributed by atoms with Crippen LogP contribution in [-0.2, 0) is 16.5 Å². The third kappa shape index (κ3) is 23.1. The van der Waals surface area contributed by atoms with Crippen LogP contribution >= 0.6 is 0 Å². The third-order valence-electron chi connectivity index (χ3n) is 14.0. The Balaban J connectivity index is 3.93. The predicted octanol–water partition coefficient (Wildman–Crippen LogP) is 7.73. The summed E-state index contributed by atoms with van der Waals surface area (Å²) in [6.07, 6.45) is 6.09. The van der Waals surface area contributed by atoms with Crippen LogP contribution in [0.3, 0.4) is 0 Å². The fourth-order valence-corrected chi connectivity index (χ4v) is 58.0. The van der Waals surface area contributed by atoms with Gasteiger partial charge in [0.15, 0.2) is 0 Å². The maximum absolute atomic E-state index is 9.87. The Bertz CT molecular complexity index is 924. The summed E-state index contributed by atoms with van der Waals surface area (Å²) < 4.78 is 31.0. The predicted molar refractivity (Wildman–Crippen MR) is 268 cm³/mol. The van der Waals surface area contributed by atoms with E-state index in [0.717, 1.165) is 148 Å². The van der Waals surface area contributed by atoms with Crippen LogP contribution in [0.2, 0.25) is 149 Å². The molecule has 0 atom stereocenters. The first-order valence-corrected chi connectivity index (χ1v) is 46.4. The van der Waals surface area contributed by atoms with E-state index in [4.69, 9.17) is 16.5 Å². The number of hydrogen-bond donors (Lipinski definition) is 8. The monoisotopic (exact) mass is 993 g/mol. The summed E-state index contributed by atoms with van der Waals surface area (Å²) in [6.45, 7) is 20.0. The minimum atomic E-state index is -3.00. The summed E-state index contributed by atoms with van der Waals surface area (Å²) in [5.41, 5.74) is 0. The maximum Gasteiger partial charge on any atom is 0.317 e. The molecule has 1 aliphatic heterocycles. The molecule has 0 unspecified atom stereocenters. The second-order valence-corrected chi connectivity index (χ2v) is 55.6. The van der Waals surface area contributed by atoms with Gasteiger partial charge in [0.1, 0.15) is 0 Å². The SMILES string of the molecule is C[Si](CCCO)(CCCO)CC[Si]1(C)O[Si](C)(CC[Si](C)(CCCO)CCCO)O[Si](C)(CC[Si](C)(CCCO)CCCO)O[Si](C)(CC[Si](C)(CCCO)CCCO)O1. The van der Waals surface area contributed by atoms with Gasteiger partial charge >= 0.3 is 34.2 Å². The molecule has 1 saturated heterocycles. The highest BCUT2D eigenvalue weighted by molar-refractivity contribution is 6.96. The second kappa shape index (κ2) is 29.1. The first kappa shape index (κ1) is 59.3. The van der Waals surface area contributed by atoms with Crippen molar-refractivity contribution in [1.29, 1.82) is 0 Å². The van der Waals surface area contributed by atoms with Crippen LogP contribution in [0.1, 0.15) is 51.4 Å². The van der Waals surface area contributed by atoms with Gasteiger partial charge in [-0.2, -0.15) is 0 Å². The summed E-state index contributed by atoms with van der Waals surface area (Å²) in [7, 11) is -19.5. The zero-order valence-corrected chi connectivity index (χ0v) is 47.8. The molecule has 20 heteroatoms. The molecule has 0 amide bonds. The van der Waals surface area contributed by atoms with Crippen molar-refractivity contribution in [3.8, 4) is 0 Å². The molecule has 1 aliphatic rings. The van der Waals surface area contributed by atoms with Gasteiger partial charge in [-0.25, -0.2) is 0 Å². The van der Waals surface area contributed by atoms with Crippen molar-refractivity contribution in [3.63, 3.8) is 0 Å². The van der Waals surface area contributed by atoms with Gasteiger partial charge in [0, 0.05) is 52.9 Å². The van der Waals surface area contributed by atoms with Crippen molar-refractivity contribution >= 4 is 66.5 Å². The Morgan fingerprint density at radius 1 is 0.267 bits per heavy atom. The Morgan fingerprint density at radius 2 is 0.400 bits per heavy atom. The van der Waals surface area contributed by atoms with E-state index in [2.05, 4.69) is 52.4 Å². The van der Waals surface area contributed by atoms with E-state index in [1.165, 1.54) is 0 Å². The smallest absolute Gasteiger partial charge is 0.317 e. The lowest BCUT2D eigenvalue weighted by Crippen LogP contribution is -2.68. The van der Waals surface area contributed by atoms with Gasteiger partial charge in [0.05, 0.1) is 32.3 Å². The van der Waals surface area contributed by atoms with Crippen LogP contribution in [-0.4, -0.2) is 160 Å². The standard InChI is InChI=1S/C40H96O12Si8/c1-53(25-9-17-41,26-10-18-42)33-37-57(5)49-58(6,38-34-54(2,27-11-19-43)28-12-20-44)51-60(8,40-36-56(4,31-15-23-47)32-16-24-48)52-59(7,50-57)39-35-55(3,29-13-21-45)30-14-22-46/h41-48H,9-40H2,1-8H3. The van der Waals surface area contributed by atoms with Gasteiger partial charge in [-0.1, -0.05) is 98.7 Å². The van der Waals surface area contributed by atoms with Crippen molar-refractivity contribution in [1.82, 2.24) is 0 Å². The van der Waals surface area contributed by atoms with E-state index < -0.39 is 66.5 Å². The van der Waals surface area contributed by atoms with Crippen LogP contribution in [0.25, 0.3) is 0 Å². The average Bonchev–Trinajstić information content (AvgIpc) is 3.20. The van der Waals surface area contributed by atoms with E-state index in [1.54, 1.807) is 0 Å². The van der Waals surface area contributed by atoms with Crippen LogP contribution in [0.4, 0.5) is 0 Å². The molecule has 0 aliphatic carbocycles. The molecule has 360 valence electrons. The third-order valence-corrected chi connectivity index (χ3v) is 52.7. The summed E-state index contributed by atoms with van der Waals surface area (Å²) in [4.78, 5) is 0. The zero-order valence-electron chi connectivity index (χ0n) is 39.8. The molecular formula is C40H96O12Si8.